The molecule has 0 saturated carbocycles. The summed E-state index contributed by atoms with van der Waals surface area (Å²) in [4.78, 5) is 2.50. The van der Waals surface area contributed by atoms with Crippen LogP contribution in [0.3, 0.4) is 0 Å². The lowest BCUT2D eigenvalue weighted by molar-refractivity contribution is 0.413. The summed E-state index contributed by atoms with van der Waals surface area (Å²) in [6, 6.07) is 29.8. The van der Waals surface area contributed by atoms with E-state index in [9.17, 15) is 0 Å². The van der Waals surface area contributed by atoms with Gasteiger partial charge in [-0.2, -0.15) is 0 Å². The van der Waals surface area contributed by atoms with Crippen LogP contribution < -0.4 is 10.2 Å². The number of halogens is 1. The minimum Gasteiger partial charge on any atom is -0.367 e. The quantitative estimate of drug-likeness (QED) is 0.579. The van der Waals surface area contributed by atoms with E-state index in [2.05, 4.69) is 83.0 Å². The molecule has 3 heteroatoms. The summed E-state index contributed by atoms with van der Waals surface area (Å²) in [5.41, 5.74) is 4.00. The highest BCUT2D eigenvalue weighted by molar-refractivity contribution is 6.30. The number of hydrogen-bond acceptors (Lipinski definition) is 2. The molecule has 0 unspecified atom stereocenters. The molecule has 0 amide bonds. The van der Waals surface area contributed by atoms with Crippen molar-refractivity contribution in [2.45, 2.75) is 13.0 Å². The molecule has 1 N–H and O–H groups in total. The van der Waals surface area contributed by atoms with Gasteiger partial charge in [0.05, 0.1) is 0 Å². The van der Waals surface area contributed by atoms with Gasteiger partial charge in [0, 0.05) is 23.8 Å². The Morgan fingerprint density at radius 1 is 0.750 bits per heavy atom. The van der Waals surface area contributed by atoms with Crippen molar-refractivity contribution >= 4 is 17.3 Å². The number of nitrogens with one attached hydrogen (secondary N) is 1. The zero-order valence-corrected chi connectivity index (χ0v) is 16.9. The Hall–Kier alpha value is -2.29. The lowest BCUT2D eigenvalue weighted by Gasteiger charge is -2.30. The summed E-state index contributed by atoms with van der Waals surface area (Å²) in [7, 11) is 0. The second-order valence-corrected chi connectivity index (χ2v) is 8.15. The molecular weight excluding hydrogens is 364 g/mol. The fourth-order valence-corrected chi connectivity index (χ4v) is 4.28. The summed E-state index contributed by atoms with van der Waals surface area (Å²) in [6.45, 7) is 4.13. The Bertz CT molecular complexity index is 849. The molecule has 4 rings (SSSR count). The molecule has 3 aromatic rings. The van der Waals surface area contributed by atoms with E-state index in [1.165, 1.54) is 16.8 Å². The summed E-state index contributed by atoms with van der Waals surface area (Å²) in [5, 5.41) is 4.41. The third-order valence-corrected chi connectivity index (χ3v) is 5.94. The molecule has 28 heavy (non-hydrogen) atoms. The molecule has 144 valence electrons. The van der Waals surface area contributed by atoms with Gasteiger partial charge in [-0.3, -0.25) is 0 Å². The maximum Gasteiger partial charge on any atom is 0.0429 e. The Labute approximate surface area is 173 Å². The maximum absolute atomic E-state index is 6.13. The maximum atomic E-state index is 6.13. The predicted octanol–water partition coefficient (Wildman–Crippen LogP) is 5.42. The molecule has 3 aromatic carbocycles. The van der Waals surface area contributed by atoms with Crippen LogP contribution in [0.15, 0.2) is 84.9 Å². The molecule has 0 radical (unpaired) electrons. The molecule has 1 aliphatic heterocycles. The van der Waals surface area contributed by atoms with Crippen LogP contribution in [0.2, 0.25) is 5.02 Å². The normalized spacial score (nSPS) is 18.9. The van der Waals surface area contributed by atoms with Crippen molar-refractivity contribution in [1.29, 1.82) is 0 Å². The van der Waals surface area contributed by atoms with Crippen molar-refractivity contribution in [2.75, 3.05) is 24.5 Å². The van der Waals surface area contributed by atoms with Crippen molar-refractivity contribution in [3.8, 4) is 0 Å². The fourth-order valence-electron chi connectivity index (χ4n) is 4.16. The number of benzene rings is 3. The first-order chi connectivity index (χ1) is 13.8. The van der Waals surface area contributed by atoms with Crippen molar-refractivity contribution in [2.24, 2.45) is 11.8 Å². The minimum atomic E-state index is 0.625. The molecule has 0 aliphatic carbocycles. The molecule has 2 nitrogen and oxygen atoms in total. The van der Waals surface area contributed by atoms with Crippen LogP contribution in [0.5, 0.6) is 0 Å². The minimum absolute atomic E-state index is 0.625. The van der Waals surface area contributed by atoms with Crippen LogP contribution in [-0.4, -0.2) is 19.6 Å². The van der Waals surface area contributed by atoms with E-state index >= 15 is 0 Å². The smallest absolute Gasteiger partial charge is 0.0429 e. The fraction of sp³-hybridized carbons (Fsp3) is 0.280. The molecule has 2 atom stereocenters. The van der Waals surface area contributed by atoms with Gasteiger partial charge in [-0.25, -0.2) is 0 Å². The molecule has 0 bridgehead atoms. The largest absolute Gasteiger partial charge is 0.367 e. The lowest BCUT2D eigenvalue weighted by Crippen LogP contribution is -2.33. The van der Waals surface area contributed by atoms with Crippen molar-refractivity contribution < 1.29 is 0 Å². The second kappa shape index (κ2) is 9.27. The number of nitrogens with zero attached hydrogens (tertiary/aromatic N) is 1. The highest BCUT2D eigenvalue weighted by atomic mass is 35.5. The van der Waals surface area contributed by atoms with E-state index in [1.807, 2.05) is 12.1 Å². The van der Waals surface area contributed by atoms with Gasteiger partial charge in [-0.1, -0.05) is 72.3 Å². The van der Waals surface area contributed by atoms with E-state index in [4.69, 9.17) is 11.6 Å². The topological polar surface area (TPSA) is 15.3 Å². The van der Waals surface area contributed by atoms with Gasteiger partial charge in [0.1, 0.15) is 0 Å². The number of rotatable bonds is 7. The molecular formula is C25H27ClN2. The Morgan fingerprint density at radius 2 is 1.36 bits per heavy atom. The van der Waals surface area contributed by atoms with Crippen molar-refractivity contribution in [1.82, 2.24) is 5.32 Å². The molecule has 1 saturated heterocycles. The Kier molecular flexibility index (Phi) is 6.31. The van der Waals surface area contributed by atoms with E-state index < -0.39 is 0 Å². The van der Waals surface area contributed by atoms with Crippen LogP contribution in [0.4, 0.5) is 5.69 Å². The summed E-state index contributed by atoms with van der Waals surface area (Å²) < 4.78 is 0. The highest BCUT2D eigenvalue weighted by Crippen LogP contribution is 2.27. The van der Waals surface area contributed by atoms with Crippen LogP contribution in [0.1, 0.15) is 11.1 Å². The van der Waals surface area contributed by atoms with E-state index in [0.29, 0.717) is 11.8 Å². The van der Waals surface area contributed by atoms with Gasteiger partial charge < -0.3 is 10.2 Å². The summed E-state index contributed by atoms with van der Waals surface area (Å²) >= 11 is 6.13. The Morgan fingerprint density at radius 3 is 2.04 bits per heavy atom. The molecule has 1 aliphatic rings. The van der Waals surface area contributed by atoms with E-state index in [0.717, 1.165) is 37.6 Å². The molecule has 0 spiro atoms. The highest BCUT2D eigenvalue weighted by Gasteiger charge is 2.29. The summed E-state index contributed by atoms with van der Waals surface area (Å²) in [5.74, 6) is 1.28. The molecule has 0 aromatic heterocycles. The third-order valence-electron chi connectivity index (χ3n) is 5.68. The van der Waals surface area contributed by atoms with Crippen LogP contribution in [-0.2, 0) is 13.0 Å². The predicted molar refractivity (Wildman–Crippen MR) is 119 cm³/mol. The SMILES string of the molecule is Clc1ccc(N(Cc2ccccc2)C[C@H]2CNC[C@@H]2Cc2ccccc2)cc1. The lowest BCUT2D eigenvalue weighted by atomic mass is 9.89. The summed E-state index contributed by atoms with van der Waals surface area (Å²) in [6.07, 6.45) is 1.14. The second-order valence-electron chi connectivity index (χ2n) is 7.71. The first-order valence-corrected chi connectivity index (χ1v) is 10.4. The van der Waals surface area contributed by atoms with Crippen LogP contribution in [0, 0.1) is 11.8 Å². The van der Waals surface area contributed by atoms with Crippen LogP contribution in [0.25, 0.3) is 0 Å². The van der Waals surface area contributed by atoms with Gasteiger partial charge in [0.15, 0.2) is 0 Å². The van der Waals surface area contributed by atoms with Crippen molar-refractivity contribution in [3.05, 3.63) is 101 Å². The van der Waals surface area contributed by atoms with Gasteiger partial charge in [-0.05, 0) is 66.7 Å². The molecule has 1 fully saturated rings. The monoisotopic (exact) mass is 390 g/mol. The average Bonchev–Trinajstić information content (AvgIpc) is 3.16. The van der Waals surface area contributed by atoms with E-state index in [-0.39, 0.29) is 0 Å². The first kappa shape index (κ1) is 19.0. The molecule has 1 heterocycles. The van der Waals surface area contributed by atoms with E-state index in [1.54, 1.807) is 0 Å². The van der Waals surface area contributed by atoms with Gasteiger partial charge in [0.2, 0.25) is 0 Å². The van der Waals surface area contributed by atoms with Gasteiger partial charge in [-0.15, -0.1) is 0 Å². The zero-order chi connectivity index (χ0) is 19.2. The zero-order valence-electron chi connectivity index (χ0n) is 16.1. The first-order valence-electron chi connectivity index (χ1n) is 10.1. The standard InChI is InChI=1S/C25H27ClN2/c26-24-11-13-25(14-12-24)28(18-21-9-5-2-6-10-21)19-23-17-27-16-22(23)15-20-7-3-1-4-8-20/h1-14,22-23,27H,15-19H2/t22-,23+/m0/s1. The third kappa shape index (κ3) is 4.95. The Balaban J connectivity index is 1.51. The number of hydrogen-bond donors (Lipinski definition) is 1. The van der Waals surface area contributed by atoms with Crippen molar-refractivity contribution in [3.63, 3.8) is 0 Å². The average molecular weight is 391 g/mol. The van der Waals surface area contributed by atoms with Gasteiger partial charge >= 0.3 is 0 Å². The number of anilines is 1. The van der Waals surface area contributed by atoms with Crippen LogP contribution >= 0.6 is 11.6 Å². The van der Waals surface area contributed by atoms with Gasteiger partial charge in [0.25, 0.3) is 0 Å².